The summed E-state index contributed by atoms with van der Waals surface area (Å²) >= 11 is 0. The molecule has 0 aromatic heterocycles. The van der Waals surface area contributed by atoms with E-state index in [0.29, 0.717) is 17.8 Å². The molecule has 1 N–H and O–H groups in total. The van der Waals surface area contributed by atoms with E-state index in [1.165, 1.54) is 12.8 Å². The van der Waals surface area contributed by atoms with Crippen molar-refractivity contribution in [1.29, 1.82) is 5.26 Å². The molecule has 0 bridgehead atoms. The second-order valence-corrected chi connectivity index (χ2v) is 7.83. The largest absolute Gasteiger partial charge is 0.388 e. The maximum atomic E-state index is 11.3. The summed E-state index contributed by atoms with van der Waals surface area (Å²) in [4.78, 5) is 0. The molecule has 2 heteroatoms. The summed E-state index contributed by atoms with van der Waals surface area (Å²) in [6, 6.07) is 2.58. The zero-order chi connectivity index (χ0) is 14.8. The van der Waals surface area contributed by atoms with Crippen LogP contribution in [0.1, 0.15) is 78.6 Å². The predicted molar refractivity (Wildman–Crippen MR) is 82.0 cm³/mol. The Morgan fingerprint density at radius 1 is 1.20 bits per heavy atom. The predicted octanol–water partition coefficient (Wildman–Crippen LogP) is 4.67. The van der Waals surface area contributed by atoms with Crippen LogP contribution in [0.4, 0.5) is 0 Å². The summed E-state index contributed by atoms with van der Waals surface area (Å²) in [6.45, 7) is 6.73. The molecule has 0 saturated heterocycles. The fourth-order valence-corrected chi connectivity index (χ4v) is 4.79. The van der Waals surface area contributed by atoms with Crippen LogP contribution in [-0.2, 0) is 0 Å². The van der Waals surface area contributed by atoms with E-state index >= 15 is 0 Å². The third-order valence-corrected chi connectivity index (χ3v) is 5.93. The van der Waals surface area contributed by atoms with Gasteiger partial charge in [0.05, 0.1) is 17.1 Å². The van der Waals surface area contributed by atoms with E-state index in [0.717, 1.165) is 44.9 Å². The molecular weight excluding hydrogens is 246 g/mol. The molecule has 0 spiro atoms. The van der Waals surface area contributed by atoms with Gasteiger partial charge in [-0.3, -0.25) is 0 Å². The number of rotatable bonds is 4. The molecule has 4 unspecified atom stereocenters. The van der Waals surface area contributed by atoms with Crippen molar-refractivity contribution in [3.8, 4) is 6.07 Å². The Bertz CT molecular complexity index is 372. The third kappa shape index (κ3) is 2.89. The van der Waals surface area contributed by atoms with Crippen molar-refractivity contribution in [1.82, 2.24) is 0 Å². The van der Waals surface area contributed by atoms with Gasteiger partial charge in [0.25, 0.3) is 0 Å². The Balaban J connectivity index is 2.14. The molecular formula is C18H31NO. The smallest absolute Gasteiger partial charge is 0.0863 e. The molecule has 0 amide bonds. The first-order valence-electron chi connectivity index (χ1n) is 8.58. The molecule has 2 aliphatic carbocycles. The second-order valence-electron chi connectivity index (χ2n) is 7.83. The van der Waals surface area contributed by atoms with E-state index in [1.807, 2.05) is 0 Å². The van der Waals surface area contributed by atoms with Crippen molar-refractivity contribution in [2.24, 2.45) is 23.2 Å². The van der Waals surface area contributed by atoms with Crippen LogP contribution in [0.5, 0.6) is 0 Å². The van der Waals surface area contributed by atoms with Gasteiger partial charge in [0.15, 0.2) is 0 Å². The van der Waals surface area contributed by atoms with E-state index in [9.17, 15) is 10.4 Å². The fourth-order valence-electron chi connectivity index (χ4n) is 4.79. The second kappa shape index (κ2) is 6.06. The normalized spacial score (nSPS) is 41.8. The number of hydrogen-bond acceptors (Lipinski definition) is 2. The van der Waals surface area contributed by atoms with Crippen LogP contribution in [-0.4, -0.2) is 10.7 Å². The summed E-state index contributed by atoms with van der Waals surface area (Å²) in [5.41, 5.74) is -1.17. The van der Waals surface area contributed by atoms with Crippen LogP contribution >= 0.6 is 0 Å². The Kier molecular flexibility index (Phi) is 4.80. The van der Waals surface area contributed by atoms with Crippen molar-refractivity contribution in [2.75, 3.05) is 0 Å². The van der Waals surface area contributed by atoms with Gasteiger partial charge in [0, 0.05) is 0 Å². The van der Waals surface area contributed by atoms with E-state index in [2.05, 4.69) is 26.8 Å². The SMILES string of the molecule is CCC1CCC(C#N)(C2(O)CCCC(CC(C)C)C2)C1. The lowest BCUT2D eigenvalue weighted by atomic mass is 9.61. The first kappa shape index (κ1) is 15.8. The summed E-state index contributed by atoms with van der Waals surface area (Å²) < 4.78 is 0. The molecule has 0 heterocycles. The summed E-state index contributed by atoms with van der Waals surface area (Å²) in [6.07, 6.45) is 9.32. The number of nitriles is 1. The highest BCUT2D eigenvalue weighted by Gasteiger charge is 2.55. The van der Waals surface area contributed by atoms with Gasteiger partial charge in [-0.05, 0) is 56.3 Å². The average molecular weight is 277 g/mol. The van der Waals surface area contributed by atoms with Crippen LogP contribution in [0, 0.1) is 34.5 Å². The summed E-state index contributed by atoms with van der Waals surface area (Å²) in [5.74, 6) is 1.94. The van der Waals surface area contributed by atoms with Crippen molar-refractivity contribution >= 4 is 0 Å². The van der Waals surface area contributed by atoms with Crippen LogP contribution in [0.3, 0.4) is 0 Å². The van der Waals surface area contributed by atoms with Gasteiger partial charge >= 0.3 is 0 Å². The quantitative estimate of drug-likeness (QED) is 0.811. The Labute approximate surface area is 124 Å². The zero-order valence-corrected chi connectivity index (χ0v) is 13.5. The summed E-state index contributed by atoms with van der Waals surface area (Å²) in [5, 5.41) is 21.1. The standard InChI is InChI=1S/C18H31NO/c1-4-15-7-9-17(11-15,13-19)18(20)8-5-6-16(12-18)10-14(2)3/h14-16,20H,4-12H2,1-3H3. The van der Waals surface area contributed by atoms with Crippen LogP contribution in [0.2, 0.25) is 0 Å². The van der Waals surface area contributed by atoms with Crippen molar-refractivity contribution in [3.05, 3.63) is 0 Å². The third-order valence-electron chi connectivity index (χ3n) is 5.93. The lowest BCUT2D eigenvalue weighted by Crippen LogP contribution is -2.49. The van der Waals surface area contributed by atoms with Gasteiger partial charge in [-0.1, -0.05) is 40.0 Å². The molecule has 0 aromatic carbocycles. The first-order chi connectivity index (χ1) is 9.44. The van der Waals surface area contributed by atoms with Gasteiger partial charge < -0.3 is 5.11 Å². The van der Waals surface area contributed by atoms with Crippen LogP contribution in [0.25, 0.3) is 0 Å². The zero-order valence-electron chi connectivity index (χ0n) is 13.5. The Morgan fingerprint density at radius 3 is 2.50 bits per heavy atom. The molecule has 0 aromatic rings. The molecule has 0 radical (unpaired) electrons. The topological polar surface area (TPSA) is 44.0 Å². The highest BCUT2D eigenvalue weighted by atomic mass is 16.3. The molecule has 0 aliphatic heterocycles. The maximum Gasteiger partial charge on any atom is 0.0863 e. The minimum atomic E-state index is -0.719. The van der Waals surface area contributed by atoms with Gasteiger partial charge in [-0.15, -0.1) is 0 Å². The van der Waals surface area contributed by atoms with E-state index in [-0.39, 0.29) is 0 Å². The molecule has 2 saturated carbocycles. The van der Waals surface area contributed by atoms with Crippen LogP contribution < -0.4 is 0 Å². The fraction of sp³-hybridized carbons (Fsp3) is 0.944. The molecule has 2 aliphatic rings. The molecule has 114 valence electrons. The summed E-state index contributed by atoms with van der Waals surface area (Å²) in [7, 11) is 0. The number of nitrogens with zero attached hydrogens (tertiary/aromatic N) is 1. The van der Waals surface area contributed by atoms with Gasteiger partial charge in [0.1, 0.15) is 0 Å². The number of hydrogen-bond donors (Lipinski definition) is 1. The molecule has 20 heavy (non-hydrogen) atoms. The molecule has 2 rings (SSSR count). The van der Waals surface area contributed by atoms with Crippen molar-refractivity contribution < 1.29 is 5.11 Å². The maximum absolute atomic E-state index is 11.3. The minimum Gasteiger partial charge on any atom is -0.388 e. The molecule has 2 nitrogen and oxygen atoms in total. The first-order valence-corrected chi connectivity index (χ1v) is 8.58. The van der Waals surface area contributed by atoms with E-state index in [4.69, 9.17) is 0 Å². The molecule has 4 atom stereocenters. The van der Waals surface area contributed by atoms with Crippen molar-refractivity contribution in [2.45, 2.75) is 84.2 Å². The monoisotopic (exact) mass is 277 g/mol. The minimum absolute atomic E-state index is 0.455. The van der Waals surface area contributed by atoms with E-state index < -0.39 is 11.0 Å². The lowest BCUT2D eigenvalue weighted by molar-refractivity contribution is -0.0975. The van der Waals surface area contributed by atoms with E-state index in [1.54, 1.807) is 0 Å². The van der Waals surface area contributed by atoms with Gasteiger partial charge in [-0.2, -0.15) is 5.26 Å². The number of aliphatic hydroxyl groups is 1. The van der Waals surface area contributed by atoms with Gasteiger partial charge in [-0.25, -0.2) is 0 Å². The lowest BCUT2D eigenvalue weighted by Gasteiger charge is -2.46. The highest BCUT2D eigenvalue weighted by molar-refractivity contribution is 5.16. The Hall–Kier alpha value is -0.550. The Morgan fingerprint density at radius 2 is 1.95 bits per heavy atom. The van der Waals surface area contributed by atoms with Gasteiger partial charge in [0.2, 0.25) is 0 Å². The average Bonchev–Trinajstić information content (AvgIpc) is 2.83. The molecule has 2 fully saturated rings. The van der Waals surface area contributed by atoms with Crippen molar-refractivity contribution in [3.63, 3.8) is 0 Å². The van der Waals surface area contributed by atoms with Crippen LogP contribution in [0.15, 0.2) is 0 Å². The highest BCUT2D eigenvalue weighted by Crippen LogP contribution is 2.55.